The van der Waals surface area contributed by atoms with E-state index in [1.54, 1.807) is 12.1 Å². The highest BCUT2D eigenvalue weighted by molar-refractivity contribution is 5.92. The van der Waals surface area contributed by atoms with Crippen LogP contribution in [-0.4, -0.2) is 44.7 Å². The first-order valence-electron chi connectivity index (χ1n) is 8.24. The summed E-state index contributed by atoms with van der Waals surface area (Å²) in [4.78, 5) is 0. The second-order valence-electron chi connectivity index (χ2n) is 6.17. The van der Waals surface area contributed by atoms with E-state index in [4.69, 9.17) is 0 Å². The molecule has 1 aliphatic heterocycles. The fraction of sp³-hybridized carbons (Fsp3) is 0.375. The van der Waals surface area contributed by atoms with Gasteiger partial charge in [-0.25, -0.2) is 0 Å². The number of aromatic amines is 1. The van der Waals surface area contributed by atoms with Crippen LogP contribution in [0.2, 0.25) is 0 Å². The van der Waals surface area contributed by atoms with Gasteiger partial charge in [0.2, 0.25) is 0 Å². The molecule has 0 spiro atoms. The fourth-order valence-electron chi connectivity index (χ4n) is 3.10. The maximum Gasteiger partial charge on any atom is 0.418 e. The molecule has 0 radical (unpaired) electrons. The van der Waals surface area contributed by atoms with E-state index in [1.807, 2.05) is 0 Å². The van der Waals surface area contributed by atoms with Crippen LogP contribution < -0.4 is 10.6 Å². The van der Waals surface area contributed by atoms with Crippen LogP contribution in [0.5, 0.6) is 0 Å². The summed E-state index contributed by atoms with van der Waals surface area (Å²) in [6, 6.07) is 6.10. The molecular weight excluding hydrogens is 347 g/mol. The standard InChI is InChI=1S/C16H16F3N7/c17-16(18,19)11-4-3-10(14-15(11)25-26-24-14)12-5-6-13(23-22-12)21-9-2-1-7-20-8-9/h3-6,9,20H,1-2,7-8H2,(H,21,23)(H,24,25,26). The second kappa shape index (κ2) is 6.52. The van der Waals surface area contributed by atoms with E-state index in [-0.39, 0.29) is 17.1 Å². The van der Waals surface area contributed by atoms with E-state index < -0.39 is 11.7 Å². The number of hydrogen-bond donors (Lipinski definition) is 3. The number of fused-ring (bicyclic) bond motifs is 1. The van der Waals surface area contributed by atoms with Gasteiger partial charge < -0.3 is 10.6 Å². The Morgan fingerprint density at radius 2 is 1.88 bits per heavy atom. The number of piperidine rings is 1. The first-order chi connectivity index (χ1) is 12.5. The number of halogens is 3. The van der Waals surface area contributed by atoms with Crippen molar-refractivity contribution in [2.24, 2.45) is 0 Å². The lowest BCUT2D eigenvalue weighted by Crippen LogP contribution is -2.38. The van der Waals surface area contributed by atoms with Gasteiger partial charge in [-0.15, -0.1) is 10.2 Å². The van der Waals surface area contributed by atoms with Crippen molar-refractivity contribution < 1.29 is 13.2 Å². The summed E-state index contributed by atoms with van der Waals surface area (Å²) in [5.41, 5.74) is -0.0651. The number of anilines is 1. The van der Waals surface area contributed by atoms with Gasteiger partial charge in [-0.3, -0.25) is 0 Å². The molecular formula is C16H16F3N7. The Labute approximate surface area is 146 Å². The summed E-state index contributed by atoms with van der Waals surface area (Å²) in [6.45, 7) is 1.88. The normalized spacial score (nSPS) is 18.2. The van der Waals surface area contributed by atoms with E-state index in [1.165, 1.54) is 6.07 Å². The van der Waals surface area contributed by atoms with Gasteiger partial charge in [-0.05, 0) is 43.7 Å². The molecule has 1 unspecified atom stereocenters. The zero-order chi connectivity index (χ0) is 18.1. The summed E-state index contributed by atoms with van der Waals surface area (Å²) in [7, 11) is 0. The van der Waals surface area contributed by atoms with Crippen LogP contribution in [0.3, 0.4) is 0 Å². The third-order valence-electron chi connectivity index (χ3n) is 4.37. The smallest absolute Gasteiger partial charge is 0.365 e. The van der Waals surface area contributed by atoms with Gasteiger partial charge in [0.15, 0.2) is 0 Å². The van der Waals surface area contributed by atoms with Crippen LogP contribution in [0, 0.1) is 0 Å². The molecule has 136 valence electrons. The Balaban J connectivity index is 1.62. The zero-order valence-electron chi connectivity index (χ0n) is 13.6. The number of nitrogens with one attached hydrogen (secondary N) is 3. The molecule has 0 amide bonds. The lowest BCUT2D eigenvalue weighted by atomic mass is 10.1. The van der Waals surface area contributed by atoms with Gasteiger partial charge in [-0.1, -0.05) is 0 Å². The first-order valence-corrected chi connectivity index (χ1v) is 8.24. The molecule has 7 nitrogen and oxygen atoms in total. The van der Waals surface area contributed by atoms with Gasteiger partial charge >= 0.3 is 6.18 Å². The molecule has 26 heavy (non-hydrogen) atoms. The zero-order valence-corrected chi connectivity index (χ0v) is 13.6. The summed E-state index contributed by atoms with van der Waals surface area (Å²) < 4.78 is 39.2. The first kappa shape index (κ1) is 16.7. The van der Waals surface area contributed by atoms with Gasteiger partial charge in [0.05, 0.1) is 11.3 Å². The van der Waals surface area contributed by atoms with E-state index in [0.717, 1.165) is 32.0 Å². The molecule has 2 aromatic heterocycles. The minimum atomic E-state index is -4.50. The van der Waals surface area contributed by atoms with Crippen molar-refractivity contribution in [3.8, 4) is 11.3 Å². The third-order valence-corrected chi connectivity index (χ3v) is 4.37. The number of benzene rings is 1. The van der Waals surface area contributed by atoms with Crippen molar-refractivity contribution in [2.75, 3.05) is 18.4 Å². The molecule has 3 N–H and O–H groups in total. The predicted octanol–water partition coefficient (Wildman–Crippen LogP) is 2.60. The molecule has 1 aromatic carbocycles. The molecule has 1 saturated heterocycles. The summed E-state index contributed by atoms with van der Waals surface area (Å²) in [5, 5.41) is 24.6. The van der Waals surface area contributed by atoms with Crippen LogP contribution in [0.15, 0.2) is 24.3 Å². The summed E-state index contributed by atoms with van der Waals surface area (Å²) in [6.07, 6.45) is -2.35. The van der Waals surface area contributed by atoms with Crippen molar-refractivity contribution in [3.05, 3.63) is 29.8 Å². The van der Waals surface area contributed by atoms with Gasteiger partial charge in [-0.2, -0.15) is 28.6 Å². The van der Waals surface area contributed by atoms with E-state index in [0.29, 0.717) is 17.1 Å². The van der Waals surface area contributed by atoms with Crippen LogP contribution in [-0.2, 0) is 6.18 Å². The molecule has 3 heterocycles. The monoisotopic (exact) mass is 363 g/mol. The number of aromatic nitrogens is 5. The van der Waals surface area contributed by atoms with Crippen molar-refractivity contribution in [1.29, 1.82) is 0 Å². The number of H-pyrrole nitrogens is 1. The van der Waals surface area contributed by atoms with Crippen LogP contribution in [0.1, 0.15) is 18.4 Å². The van der Waals surface area contributed by atoms with Gasteiger partial charge in [0, 0.05) is 18.2 Å². The Morgan fingerprint density at radius 3 is 2.58 bits per heavy atom. The largest absolute Gasteiger partial charge is 0.418 e. The minimum absolute atomic E-state index is 0.117. The molecule has 0 bridgehead atoms. The molecule has 1 aliphatic rings. The topological polar surface area (TPSA) is 91.4 Å². The molecule has 1 fully saturated rings. The van der Waals surface area contributed by atoms with Crippen molar-refractivity contribution in [2.45, 2.75) is 25.1 Å². The lowest BCUT2D eigenvalue weighted by molar-refractivity contribution is -0.136. The van der Waals surface area contributed by atoms with Gasteiger partial charge in [0.1, 0.15) is 16.9 Å². The quantitative estimate of drug-likeness (QED) is 0.663. The number of hydrogen-bond acceptors (Lipinski definition) is 6. The molecule has 1 atom stereocenters. The lowest BCUT2D eigenvalue weighted by Gasteiger charge is -2.24. The maximum atomic E-state index is 13.1. The Kier molecular flexibility index (Phi) is 4.19. The highest BCUT2D eigenvalue weighted by Crippen LogP contribution is 2.36. The van der Waals surface area contributed by atoms with Gasteiger partial charge in [0.25, 0.3) is 0 Å². The third kappa shape index (κ3) is 3.19. The van der Waals surface area contributed by atoms with Crippen molar-refractivity contribution >= 4 is 16.9 Å². The highest BCUT2D eigenvalue weighted by Gasteiger charge is 2.34. The Hall–Kier alpha value is -2.75. The molecule has 0 aliphatic carbocycles. The minimum Gasteiger partial charge on any atom is -0.365 e. The van der Waals surface area contributed by atoms with Crippen molar-refractivity contribution in [3.63, 3.8) is 0 Å². The molecule has 3 aromatic rings. The van der Waals surface area contributed by atoms with E-state index >= 15 is 0 Å². The number of rotatable bonds is 3. The predicted molar refractivity (Wildman–Crippen MR) is 89.4 cm³/mol. The number of alkyl halides is 3. The molecule has 10 heteroatoms. The maximum absolute atomic E-state index is 13.1. The highest BCUT2D eigenvalue weighted by atomic mass is 19.4. The summed E-state index contributed by atoms with van der Waals surface area (Å²) >= 11 is 0. The van der Waals surface area contributed by atoms with Crippen LogP contribution >= 0.6 is 0 Å². The Bertz CT molecular complexity index is 898. The van der Waals surface area contributed by atoms with E-state index in [2.05, 4.69) is 36.2 Å². The van der Waals surface area contributed by atoms with Crippen LogP contribution in [0.25, 0.3) is 22.3 Å². The van der Waals surface area contributed by atoms with Crippen LogP contribution in [0.4, 0.5) is 19.0 Å². The average molecular weight is 363 g/mol. The average Bonchev–Trinajstić information content (AvgIpc) is 3.11. The molecule has 4 rings (SSSR count). The second-order valence-corrected chi connectivity index (χ2v) is 6.17. The number of nitrogens with zero attached hydrogens (tertiary/aromatic N) is 4. The SMILES string of the molecule is FC(F)(F)c1ccc(-c2ccc(NC3CCCNC3)nn2)c2n[nH]nc12. The summed E-state index contributed by atoms with van der Waals surface area (Å²) in [5.74, 6) is 0.630. The van der Waals surface area contributed by atoms with Crippen molar-refractivity contribution in [1.82, 2.24) is 30.9 Å². The fourth-order valence-corrected chi connectivity index (χ4v) is 3.10. The Morgan fingerprint density at radius 1 is 1.04 bits per heavy atom. The molecule has 0 saturated carbocycles. The van der Waals surface area contributed by atoms with E-state index in [9.17, 15) is 13.2 Å².